The molecule has 3 nitrogen and oxygen atoms in total. The Labute approximate surface area is 127 Å². The first-order valence-corrected chi connectivity index (χ1v) is 8.47. The first-order chi connectivity index (χ1) is 9.34. The molecule has 0 heterocycles. The SMILES string of the molecule is CCCCCN(CCCC(C)(CO)NC(C)C)C(C)C. The molecule has 0 aromatic heterocycles. The maximum absolute atomic E-state index is 9.61. The van der Waals surface area contributed by atoms with E-state index in [-0.39, 0.29) is 12.1 Å². The fourth-order valence-electron chi connectivity index (χ4n) is 2.76. The van der Waals surface area contributed by atoms with Gasteiger partial charge in [-0.2, -0.15) is 0 Å². The van der Waals surface area contributed by atoms with Gasteiger partial charge in [0.25, 0.3) is 0 Å². The van der Waals surface area contributed by atoms with Crippen molar-refractivity contribution in [3.05, 3.63) is 0 Å². The standard InChI is InChI=1S/C17H38N2O/c1-7-8-9-12-19(16(4)5)13-10-11-17(6,14-20)18-15(2)3/h15-16,18,20H,7-14H2,1-6H3. The number of unbranched alkanes of at least 4 members (excludes halogenated alkanes) is 2. The van der Waals surface area contributed by atoms with Crippen molar-refractivity contribution < 1.29 is 5.11 Å². The van der Waals surface area contributed by atoms with Crippen LogP contribution in [0.2, 0.25) is 0 Å². The molecule has 3 heteroatoms. The van der Waals surface area contributed by atoms with Gasteiger partial charge in [0.2, 0.25) is 0 Å². The van der Waals surface area contributed by atoms with Crippen molar-refractivity contribution in [1.82, 2.24) is 10.2 Å². The predicted molar refractivity (Wildman–Crippen MR) is 89.2 cm³/mol. The minimum atomic E-state index is -0.139. The topological polar surface area (TPSA) is 35.5 Å². The Morgan fingerprint density at radius 1 is 1.05 bits per heavy atom. The summed E-state index contributed by atoms with van der Waals surface area (Å²) in [5, 5.41) is 13.1. The Bertz CT molecular complexity index is 231. The van der Waals surface area contributed by atoms with Crippen LogP contribution >= 0.6 is 0 Å². The van der Waals surface area contributed by atoms with E-state index in [1.54, 1.807) is 0 Å². The smallest absolute Gasteiger partial charge is 0.0610 e. The van der Waals surface area contributed by atoms with Gasteiger partial charge in [-0.15, -0.1) is 0 Å². The van der Waals surface area contributed by atoms with Crippen LogP contribution in [-0.2, 0) is 0 Å². The zero-order valence-electron chi connectivity index (χ0n) is 14.7. The number of aliphatic hydroxyl groups excluding tert-OH is 1. The molecule has 0 saturated carbocycles. The summed E-state index contributed by atoms with van der Waals surface area (Å²) in [4.78, 5) is 2.57. The van der Waals surface area contributed by atoms with Gasteiger partial charge >= 0.3 is 0 Å². The molecule has 0 aliphatic rings. The van der Waals surface area contributed by atoms with Crippen molar-refractivity contribution in [3.63, 3.8) is 0 Å². The number of hydrogen-bond donors (Lipinski definition) is 2. The molecular weight excluding hydrogens is 248 g/mol. The molecule has 122 valence electrons. The molecule has 0 aromatic carbocycles. The average Bonchev–Trinajstić information content (AvgIpc) is 2.36. The molecule has 1 unspecified atom stereocenters. The van der Waals surface area contributed by atoms with Crippen molar-refractivity contribution in [2.75, 3.05) is 19.7 Å². The van der Waals surface area contributed by atoms with E-state index in [1.165, 1.54) is 25.8 Å². The molecule has 0 amide bonds. The average molecular weight is 287 g/mol. The minimum Gasteiger partial charge on any atom is -0.394 e. The highest BCUT2D eigenvalue weighted by Crippen LogP contribution is 2.14. The van der Waals surface area contributed by atoms with Gasteiger partial charge in [-0.25, -0.2) is 0 Å². The van der Waals surface area contributed by atoms with Gasteiger partial charge in [0.1, 0.15) is 0 Å². The molecular formula is C17H38N2O. The highest BCUT2D eigenvalue weighted by Gasteiger charge is 2.23. The van der Waals surface area contributed by atoms with E-state index in [0.717, 1.165) is 19.4 Å². The lowest BCUT2D eigenvalue weighted by Gasteiger charge is -2.33. The maximum Gasteiger partial charge on any atom is 0.0610 e. The van der Waals surface area contributed by atoms with Gasteiger partial charge < -0.3 is 15.3 Å². The molecule has 0 saturated heterocycles. The van der Waals surface area contributed by atoms with Crippen molar-refractivity contribution in [3.8, 4) is 0 Å². The highest BCUT2D eigenvalue weighted by molar-refractivity contribution is 4.84. The summed E-state index contributed by atoms with van der Waals surface area (Å²) in [5.41, 5.74) is -0.139. The summed E-state index contributed by atoms with van der Waals surface area (Å²) >= 11 is 0. The molecule has 0 aliphatic heterocycles. The van der Waals surface area contributed by atoms with E-state index < -0.39 is 0 Å². The van der Waals surface area contributed by atoms with Gasteiger partial charge in [-0.1, -0.05) is 33.6 Å². The molecule has 0 bridgehead atoms. The lowest BCUT2D eigenvalue weighted by atomic mass is 9.95. The highest BCUT2D eigenvalue weighted by atomic mass is 16.3. The van der Waals surface area contributed by atoms with Crippen molar-refractivity contribution in [2.24, 2.45) is 0 Å². The molecule has 0 radical (unpaired) electrons. The quantitative estimate of drug-likeness (QED) is 0.540. The summed E-state index contributed by atoms with van der Waals surface area (Å²) in [5.74, 6) is 0. The van der Waals surface area contributed by atoms with E-state index in [0.29, 0.717) is 12.1 Å². The summed E-state index contributed by atoms with van der Waals surface area (Å²) in [6.07, 6.45) is 6.08. The number of aliphatic hydroxyl groups is 1. The molecule has 0 spiro atoms. The van der Waals surface area contributed by atoms with Crippen LogP contribution in [0, 0.1) is 0 Å². The summed E-state index contributed by atoms with van der Waals surface area (Å²) < 4.78 is 0. The summed E-state index contributed by atoms with van der Waals surface area (Å²) in [7, 11) is 0. The third-order valence-corrected chi connectivity index (χ3v) is 3.94. The van der Waals surface area contributed by atoms with Crippen LogP contribution in [-0.4, -0.2) is 47.3 Å². The second kappa shape index (κ2) is 10.6. The Kier molecular flexibility index (Phi) is 10.5. The first-order valence-electron chi connectivity index (χ1n) is 8.47. The van der Waals surface area contributed by atoms with Crippen LogP contribution in [0.15, 0.2) is 0 Å². The van der Waals surface area contributed by atoms with E-state index in [1.807, 2.05) is 0 Å². The van der Waals surface area contributed by atoms with Crippen molar-refractivity contribution >= 4 is 0 Å². The lowest BCUT2D eigenvalue weighted by Crippen LogP contribution is -2.49. The molecule has 0 aromatic rings. The van der Waals surface area contributed by atoms with Gasteiger partial charge in [-0.05, 0) is 53.1 Å². The van der Waals surface area contributed by atoms with Crippen LogP contribution in [0.3, 0.4) is 0 Å². The third kappa shape index (κ3) is 8.93. The number of rotatable bonds is 12. The molecule has 1 atom stereocenters. The van der Waals surface area contributed by atoms with Crippen molar-refractivity contribution in [2.45, 2.75) is 91.3 Å². The van der Waals surface area contributed by atoms with Crippen molar-refractivity contribution in [1.29, 1.82) is 0 Å². The van der Waals surface area contributed by atoms with E-state index in [4.69, 9.17) is 0 Å². The Morgan fingerprint density at radius 2 is 1.65 bits per heavy atom. The lowest BCUT2D eigenvalue weighted by molar-refractivity contribution is 0.143. The first kappa shape index (κ1) is 19.9. The predicted octanol–water partition coefficient (Wildman–Crippen LogP) is 3.42. The number of nitrogens with one attached hydrogen (secondary N) is 1. The van der Waals surface area contributed by atoms with Crippen LogP contribution in [0.5, 0.6) is 0 Å². The van der Waals surface area contributed by atoms with E-state index in [2.05, 4.69) is 51.8 Å². The minimum absolute atomic E-state index is 0.139. The largest absolute Gasteiger partial charge is 0.394 e. The van der Waals surface area contributed by atoms with Gasteiger partial charge in [0.05, 0.1) is 6.61 Å². The third-order valence-electron chi connectivity index (χ3n) is 3.94. The number of hydrogen-bond acceptors (Lipinski definition) is 3. The number of nitrogens with zero attached hydrogens (tertiary/aromatic N) is 1. The zero-order chi connectivity index (χ0) is 15.6. The normalized spacial score (nSPS) is 15.3. The molecule has 0 aliphatic carbocycles. The fraction of sp³-hybridized carbons (Fsp3) is 1.00. The molecule has 0 rings (SSSR count). The molecule has 2 N–H and O–H groups in total. The van der Waals surface area contributed by atoms with Gasteiger partial charge in [0.15, 0.2) is 0 Å². The van der Waals surface area contributed by atoms with E-state index >= 15 is 0 Å². The Balaban J connectivity index is 4.13. The van der Waals surface area contributed by atoms with Crippen LogP contribution in [0.4, 0.5) is 0 Å². The second-order valence-electron chi connectivity index (χ2n) is 6.96. The van der Waals surface area contributed by atoms with E-state index in [9.17, 15) is 5.11 Å². The van der Waals surface area contributed by atoms with Crippen LogP contribution in [0.25, 0.3) is 0 Å². The van der Waals surface area contributed by atoms with Crippen LogP contribution in [0.1, 0.15) is 73.6 Å². The second-order valence-corrected chi connectivity index (χ2v) is 6.96. The molecule has 0 fully saturated rings. The Hall–Kier alpha value is -0.120. The Morgan fingerprint density at radius 3 is 2.10 bits per heavy atom. The zero-order valence-corrected chi connectivity index (χ0v) is 14.7. The van der Waals surface area contributed by atoms with Gasteiger partial charge in [0, 0.05) is 17.6 Å². The molecule has 20 heavy (non-hydrogen) atoms. The maximum atomic E-state index is 9.61. The van der Waals surface area contributed by atoms with Crippen LogP contribution < -0.4 is 5.32 Å². The summed E-state index contributed by atoms with van der Waals surface area (Å²) in [6.45, 7) is 15.8. The monoisotopic (exact) mass is 286 g/mol. The fourth-order valence-corrected chi connectivity index (χ4v) is 2.76. The summed E-state index contributed by atoms with van der Waals surface area (Å²) in [6, 6.07) is 1.03. The van der Waals surface area contributed by atoms with Gasteiger partial charge in [-0.3, -0.25) is 0 Å².